The van der Waals surface area contributed by atoms with Crippen LogP contribution in [0.3, 0.4) is 0 Å². The van der Waals surface area contributed by atoms with Crippen molar-refractivity contribution in [2.75, 3.05) is 13.1 Å². The lowest BCUT2D eigenvalue weighted by Gasteiger charge is -2.48. The minimum absolute atomic E-state index is 0.0257. The third kappa shape index (κ3) is 4.35. The quantitative estimate of drug-likeness (QED) is 0.393. The van der Waals surface area contributed by atoms with Gasteiger partial charge < -0.3 is 20.0 Å². The number of nitrogens with zero attached hydrogens (tertiary/aromatic N) is 3. The Bertz CT molecular complexity index is 1260. The SMILES string of the molecule is O=C(C1C(O)SC1O)N1CC(F)(c2ccc(C3=NOC(c4cc(Cl)c(Cl)c(Cl)c4)(C(F)(F)F)C3)cn2)C1. The van der Waals surface area contributed by atoms with Crippen molar-refractivity contribution in [2.45, 2.75) is 34.7 Å². The van der Waals surface area contributed by atoms with Crippen LogP contribution in [0.1, 0.15) is 23.2 Å². The maximum Gasteiger partial charge on any atom is 0.435 e. The molecule has 3 unspecified atom stereocenters. The Kier molecular flexibility index (Phi) is 6.60. The van der Waals surface area contributed by atoms with Crippen molar-refractivity contribution < 1.29 is 37.4 Å². The molecule has 0 saturated carbocycles. The highest BCUT2D eigenvalue weighted by Crippen LogP contribution is 2.51. The van der Waals surface area contributed by atoms with E-state index in [1.807, 2.05) is 0 Å². The van der Waals surface area contributed by atoms with Gasteiger partial charge >= 0.3 is 6.18 Å². The highest BCUT2D eigenvalue weighted by molar-refractivity contribution is 8.01. The second kappa shape index (κ2) is 9.13. The zero-order chi connectivity index (χ0) is 26.9. The predicted octanol–water partition coefficient (Wildman–Crippen LogP) is 4.63. The molecule has 0 bridgehead atoms. The molecular weight excluding hydrogens is 585 g/mol. The van der Waals surface area contributed by atoms with E-state index in [-0.39, 0.29) is 50.7 Å². The van der Waals surface area contributed by atoms with Gasteiger partial charge in [-0.2, -0.15) is 13.2 Å². The summed E-state index contributed by atoms with van der Waals surface area (Å²) in [5.74, 6) is -1.57. The number of aliphatic hydroxyl groups is 2. The number of aromatic nitrogens is 1. The summed E-state index contributed by atoms with van der Waals surface area (Å²) in [7, 11) is 0. The number of pyridine rings is 1. The van der Waals surface area contributed by atoms with Crippen LogP contribution in [-0.2, 0) is 20.9 Å². The number of likely N-dealkylation sites (tertiary alicyclic amines) is 1. The Morgan fingerprint density at radius 1 is 1.14 bits per heavy atom. The number of carbonyl (C=O) groups excluding carboxylic acids is 1. The number of alkyl halides is 4. The van der Waals surface area contributed by atoms with Crippen LogP contribution in [0.15, 0.2) is 35.6 Å². The van der Waals surface area contributed by atoms with Crippen molar-refractivity contribution in [1.29, 1.82) is 0 Å². The molecular formula is C22H16Cl3F4N3O4S. The first-order valence-electron chi connectivity index (χ1n) is 10.7. The Balaban J connectivity index is 1.32. The summed E-state index contributed by atoms with van der Waals surface area (Å²) in [5.41, 5.74) is -7.27. The van der Waals surface area contributed by atoms with Gasteiger partial charge in [0.2, 0.25) is 5.91 Å². The highest BCUT2D eigenvalue weighted by atomic mass is 35.5. The highest BCUT2D eigenvalue weighted by Gasteiger charge is 2.62. The summed E-state index contributed by atoms with van der Waals surface area (Å²) in [4.78, 5) is 22.5. The molecule has 2 fully saturated rings. The van der Waals surface area contributed by atoms with Crippen molar-refractivity contribution in [3.63, 3.8) is 0 Å². The van der Waals surface area contributed by atoms with Crippen LogP contribution in [0.4, 0.5) is 17.6 Å². The lowest BCUT2D eigenvalue weighted by Crippen LogP contribution is -2.63. The number of thioether (sulfide) groups is 1. The molecule has 198 valence electrons. The second-order valence-electron chi connectivity index (χ2n) is 8.92. The van der Waals surface area contributed by atoms with E-state index in [9.17, 15) is 28.2 Å². The van der Waals surface area contributed by atoms with Crippen LogP contribution in [0.25, 0.3) is 0 Å². The van der Waals surface area contributed by atoms with Crippen molar-refractivity contribution in [3.05, 3.63) is 62.4 Å². The first kappa shape index (κ1) is 26.8. The fourth-order valence-electron chi connectivity index (χ4n) is 4.37. The zero-order valence-electron chi connectivity index (χ0n) is 18.3. The molecule has 3 aliphatic rings. The summed E-state index contributed by atoms with van der Waals surface area (Å²) in [5, 5.41) is 22.4. The van der Waals surface area contributed by atoms with Gasteiger partial charge in [-0.25, -0.2) is 4.39 Å². The van der Waals surface area contributed by atoms with E-state index in [0.717, 1.165) is 23.9 Å². The molecule has 2 aromatic rings. The average Bonchev–Trinajstić information content (AvgIpc) is 3.27. The molecule has 1 aromatic carbocycles. The van der Waals surface area contributed by atoms with Crippen molar-refractivity contribution in [1.82, 2.24) is 9.88 Å². The number of carbonyl (C=O) groups is 1. The molecule has 5 rings (SSSR count). The average molecular weight is 601 g/mol. The maximum atomic E-state index is 15.3. The Labute approximate surface area is 226 Å². The molecule has 3 atom stereocenters. The summed E-state index contributed by atoms with van der Waals surface area (Å²) in [6.45, 7) is -0.670. The van der Waals surface area contributed by atoms with Crippen LogP contribution in [0.5, 0.6) is 0 Å². The summed E-state index contributed by atoms with van der Waals surface area (Å²) < 4.78 is 58.0. The normalized spacial score (nSPS) is 28.7. The predicted molar refractivity (Wildman–Crippen MR) is 128 cm³/mol. The van der Waals surface area contributed by atoms with Gasteiger partial charge in [-0.05, 0) is 24.3 Å². The third-order valence-electron chi connectivity index (χ3n) is 6.56. The van der Waals surface area contributed by atoms with E-state index in [2.05, 4.69) is 10.1 Å². The number of hydrogen-bond donors (Lipinski definition) is 2. The lowest BCUT2D eigenvalue weighted by molar-refractivity contribution is -0.275. The fraction of sp³-hybridized carbons (Fsp3) is 0.409. The minimum Gasteiger partial charge on any atom is -0.381 e. The Morgan fingerprint density at radius 2 is 1.76 bits per heavy atom. The molecule has 0 spiro atoms. The molecule has 2 saturated heterocycles. The molecule has 3 aliphatic heterocycles. The molecule has 1 aromatic heterocycles. The van der Waals surface area contributed by atoms with Crippen LogP contribution < -0.4 is 0 Å². The molecule has 15 heteroatoms. The minimum atomic E-state index is -4.91. The van der Waals surface area contributed by atoms with Gasteiger partial charge in [0.15, 0.2) is 5.67 Å². The van der Waals surface area contributed by atoms with E-state index >= 15 is 4.39 Å². The molecule has 7 nitrogen and oxygen atoms in total. The molecule has 0 radical (unpaired) electrons. The first-order valence-corrected chi connectivity index (χ1v) is 12.8. The molecule has 0 aliphatic carbocycles. The zero-order valence-corrected chi connectivity index (χ0v) is 21.4. The van der Waals surface area contributed by atoms with E-state index in [1.54, 1.807) is 0 Å². The van der Waals surface area contributed by atoms with Gasteiger partial charge in [-0.1, -0.05) is 51.7 Å². The monoisotopic (exact) mass is 599 g/mol. The van der Waals surface area contributed by atoms with Crippen LogP contribution >= 0.6 is 46.6 Å². The summed E-state index contributed by atoms with van der Waals surface area (Å²) in [6.07, 6.45) is -4.45. The van der Waals surface area contributed by atoms with Gasteiger partial charge in [0, 0.05) is 17.3 Å². The van der Waals surface area contributed by atoms with Gasteiger partial charge in [0.25, 0.3) is 5.60 Å². The van der Waals surface area contributed by atoms with Crippen molar-refractivity contribution in [3.8, 4) is 0 Å². The number of rotatable bonds is 4. The molecule has 37 heavy (non-hydrogen) atoms. The van der Waals surface area contributed by atoms with Crippen LogP contribution in [0, 0.1) is 5.92 Å². The number of oxime groups is 1. The van der Waals surface area contributed by atoms with E-state index in [4.69, 9.17) is 39.6 Å². The standard InChI is InChI=1S/C22H16Cl3F4N3O4S/c23-11-3-10(4-12(24)16(11)25)21(22(27,28)29)5-13(31-36-21)9-1-2-14(30-6-9)20(26)7-32(8-20)17(33)15-18(34)37-19(15)35/h1-4,6,15,18-19,34-35H,5,7-8H2. The Morgan fingerprint density at radius 3 is 2.27 bits per heavy atom. The smallest absolute Gasteiger partial charge is 0.381 e. The number of aliphatic hydroxyl groups excluding tert-OH is 2. The molecule has 2 N–H and O–H groups in total. The fourth-order valence-corrected chi connectivity index (χ4v) is 5.85. The summed E-state index contributed by atoms with van der Waals surface area (Å²) >= 11 is 18.6. The topological polar surface area (TPSA) is 95.2 Å². The summed E-state index contributed by atoms with van der Waals surface area (Å²) in [6, 6.07) is 4.69. The lowest BCUT2D eigenvalue weighted by atomic mass is 9.86. The van der Waals surface area contributed by atoms with Gasteiger partial charge in [0.05, 0.1) is 46.0 Å². The van der Waals surface area contributed by atoms with E-state index in [1.165, 1.54) is 23.2 Å². The maximum absolute atomic E-state index is 15.3. The molecule has 4 heterocycles. The first-order chi connectivity index (χ1) is 17.3. The van der Waals surface area contributed by atoms with E-state index in [0.29, 0.717) is 0 Å². The number of benzene rings is 1. The largest absolute Gasteiger partial charge is 0.435 e. The van der Waals surface area contributed by atoms with Crippen molar-refractivity contribution >= 4 is 58.2 Å². The number of amides is 1. The third-order valence-corrected chi connectivity index (χ3v) is 8.91. The molecule has 1 amide bonds. The van der Waals surface area contributed by atoms with E-state index < -0.39 is 46.6 Å². The van der Waals surface area contributed by atoms with Crippen LogP contribution in [0.2, 0.25) is 15.1 Å². The van der Waals surface area contributed by atoms with Gasteiger partial charge in [-0.15, -0.1) is 0 Å². The van der Waals surface area contributed by atoms with Crippen molar-refractivity contribution in [2.24, 2.45) is 11.1 Å². The van der Waals surface area contributed by atoms with Gasteiger partial charge in [0.1, 0.15) is 16.8 Å². The van der Waals surface area contributed by atoms with Gasteiger partial charge in [-0.3, -0.25) is 9.78 Å². The Hall–Kier alpha value is -1.83. The second-order valence-corrected chi connectivity index (χ2v) is 11.3. The van der Waals surface area contributed by atoms with Crippen LogP contribution in [-0.4, -0.2) is 61.9 Å². The number of hydrogen-bond acceptors (Lipinski definition) is 7. The number of halogens is 7.